The number of aliphatic hydroxyl groups excluding tert-OH is 1. The lowest BCUT2D eigenvalue weighted by molar-refractivity contribution is 0.0698. The molecule has 6 nitrogen and oxygen atoms in total. The third-order valence-corrected chi connectivity index (χ3v) is 3.50. The lowest BCUT2D eigenvalue weighted by Crippen LogP contribution is -2.47. The minimum absolute atomic E-state index is 0.0541. The number of carboxylic acid groups (broad SMARTS) is 1. The number of amides is 2. The van der Waals surface area contributed by atoms with Gasteiger partial charge in [-0.3, -0.25) is 0 Å². The molecule has 6 heteroatoms. The van der Waals surface area contributed by atoms with E-state index in [9.17, 15) is 14.7 Å². The maximum atomic E-state index is 12.2. The minimum atomic E-state index is -1.08. The van der Waals surface area contributed by atoms with E-state index in [0.29, 0.717) is 6.54 Å². The lowest BCUT2D eigenvalue weighted by atomic mass is 10.0. The van der Waals surface area contributed by atoms with Crippen LogP contribution in [-0.4, -0.2) is 46.3 Å². The van der Waals surface area contributed by atoms with Gasteiger partial charge in [-0.25, -0.2) is 9.59 Å². The van der Waals surface area contributed by atoms with Crippen LogP contribution < -0.4 is 5.32 Å². The number of urea groups is 1. The van der Waals surface area contributed by atoms with E-state index in [0.717, 1.165) is 19.3 Å². The monoisotopic (exact) mass is 278 g/mol. The van der Waals surface area contributed by atoms with Crippen LogP contribution in [0.25, 0.3) is 0 Å². The van der Waals surface area contributed by atoms with Crippen LogP contribution in [0.1, 0.15) is 29.6 Å². The number of hydrogen-bond donors (Lipinski definition) is 3. The van der Waals surface area contributed by atoms with Crippen molar-refractivity contribution in [2.45, 2.75) is 25.3 Å². The van der Waals surface area contributed by atoms with Crippen molar-refractivity contribution in [2.24, 2.45) is 0 Å². The Balaban J connectivity index is 2.13. The Bertz CT molecular complexity index is 504. The number of nitrogens with one attached hydrogen (secondary N) is 1. The molecule has 0 bridgehead atoms. The second-order valence-corrected chi connectivity index (χ2v) is 4.81. The zero-order valence-corrected chi connectivity index (χ0v) is 11.1. The third-order valence-electron chi connectivity index (χ3n) is 3.50. The summed E-state index contributed by atoms with van der Waals surface area (Å²) in [4.78, 5) is 24.9. The summed E-state index contributed by atoms with van der Waals surface area (Å²) in [6.07, 6.45) is 2.65. The number of para-hydroxylation sites is 1. The number of piperidine rings is 1. The van der Waals surface area contributed by atoms with E-state index in [1.54, 1.807) is 23.1 Å². The number of carbonyl (C=O) groups is 2. The van der Waals surface area contributed by atoms with Crippen molar-refractivity contribution in [1.82, 2.24) is 4.90 Å². The van der Waals surface area contributed by atoms with Gasteiger partial charge in [-0.2, -0.15) is 0 Å². The van der Waals surface area contributed by atoms with Crippen LogP contribution in [-0.2, 0) is 0 Å². The number of anilines is 1. The fraction of sp³-hybridized carbons (Fsp3) is 0.429. The first-order valence-corrected chi connectivity index (χ1v) is 6.64. The molecule has 1 unspecified atom stereocenters. The van der Waals surface area contributed by atoms with E-state index >= 15 is 0 Å². The molecule has 0 aliphatic carbocycles. The minimum Gasteiger partial charge on any atom is -0.478 e. The predicted molar refractivity (Wildman–Crippen MR) is 73.9 cm³/mol. The van der Waals surface area contributed by atoms with Gasteiger partial charge in [0, 0.05) is 6.54 Å². The first kappa shape index (κ1) is 14.3. The number of nitrogens with zero attached hydrogens (tertiary/aromatic N) is 1. The van der Waals surface area contributed by atoms with Crippen molar-refractivity contribution in [3.05, 3.63) is 29.8 Å². The highest BCUT2D eigenvalue weighted by Crippen LogP contribution is 2.20. The number of benzene rings is 1. The maximum absolute atomic E-state index is 12.2. The first-order valence-electron chi connectivity index (χ1n) is 6.64. The highest BCUT2D eigenvalue weighted by Gasteiger charge is 2.26. The molecule has 0 saturated carbocycles. The van der Waals surface area contributed by atoms with Crippen LogP contribution in [0.15, 0.2) is 24.3 Å². The molecule has 1 fully saturated rings. The molecule has 1 aliphatic heterocycles. The van der Waals surface area contributed by atoms with E-state index in [1.807, 2.05) is 0 Å². The average Bonchev–Trinajstić information content (AvgIpc) is 2.47. The van der Waals surface area contributed by atoms with E-state index < -0.39 is 5.97 Å². The van der Waals surface area contributed by atoms with Crippen molar-refractivity contribution in [2.75, 3.05) is 18.5 Å². The Morgan fingerprint density at radius 1 is 1.30 bits per heavy atom. The van der Waals surface area contributed by atoms with Gasteiger partial charge < -0.3 is 20.4 Å². The Morgan fingerprint density at radius 2 is 2.05 bits per heavy atom. The molecule has 20 heavy (non-hydrogen) atoms. The highest BCUT2D eigenvalue weighted by molar-refractivity contribution is 6.00. The molecule has 3 N–H and O–H groups in total. The smallest absolute Gasteiger partial charge is 0.337 e. The second-order valence-electron chi connectivity index (χ2n) is 4.81. The van der Waals surface area contributed by atoms with Crippen LogP contribution in [0.5, 0.6) is 0 Å². The van der Waals surface area contributed by atoms with Gasteiger partial charge in [-0.15, -0.1) is 0 Å². The number of aliphatic hydroxyl groups is 1. The molecule has 1 aliphatic rings. The highest BCUT2D eigenvalue weighted by atomic mass is 16.4. The summed E-state index contributed by atoms with van der Waals surface area (Å²) < 4.78 is 0. The third kappa shape index (κ3) is 3.08. The molecule has 1 saturated heterocycles. The molecular formula is C14H18N2O4. The molecule has 1 atom stereocenters. The number of aromatic carboxylic acids is 1. The Hall–Kier alpha value is -2.08. The van der Waals surface area contributed by atoms with Gasteiger partial charge >= 0.3 is 12.0 Å². The molecule has 0 radical (unpaired) electrons. The van der Waals surface area contributed by atoms with Crippen molar-refractivity contribution >= 4 is 17.7 Å². The number of carboxylic acids is 1. The van der Waals surface area contributed by atoms with Gasteiger partial charge in [-0.05, 0) is 31.4 Å². The summed E-state index contributed by atoms with van der Waals surface area (Å²) in [6, 6.07) is 5.72. The Labute approximate surface area is 117 Å². The van der Waals surface area contributed by atoms with Gasteiger partial charge in [0.15, 0.2) is 0 Å². The topological polar surface area (TPSA) is 89.9 Å². The summed E-state index contributed by atoms with van der Waals surface area (Å²) in [5.41, 5.74) is 0.325. The van der Waals surface area contributed by atoms with Crippen LogP contribution in [0.2, 0.25) is 0 Å². The first-order chi connectivity index (χ1) is 9.63. The van der Waals surface area contributed by atoms with Crippen LogP contribution in [0.3, 0.4) is 0 Å². The molecule has 108 valence electrons. The zero-order chi connectivity index (χ0) is 14.5. The van der Waals surface area contributed by atoms with Crippen LogP contribution >= 0.6 is 0 Å². The predicted octanol–water partition coefficient (Wildman–Crippen LogP) is 1.76. The number of hydrogen-bond acceptors (Lipinski definition) is 3. The largest absolute Gasteiger partial charge is 0.478 e. The van der Waals surface area contributed by atoms with E-state index in [-0.39, 0.29) is 29.9 Å². The summed E-state index contributed by atoms with van der Waals surface area (Å²) >= 11 is 0. The molecule has 0 aromatic heterocycles. The van der Waals surface area contributed by atoms with Crippen molar-refractivity contribution in [3.8, 4) is 0 Å². The van der Waals surface area contributed by atoms with Crippen molar-refractivity contribution < 1.29 is 19.8 Å². The number of likely N-dealkylation sites (tertiary alicyclic amines) is 1. The van der Waals surface area contributed by atoms with Gasteiger partial charge in [0.25, 0.3) is 0 Å². The quantitative estimate of drug-likeness (QED) is 0.786. The molecule has 2 rings (SSSR count). The molecule has 0 spiro atoms. The normalized spacial score (nSPS) is 18.6. The summed E-state index contributed by atoms with van der Waals surface area (Å²) in [5.74, 6) is -1.08. The van der Waals surface area contributed by atoms with E-state index in [4.69, 9.17) is 5.11 Å². The summed E-state index contributed by atoms with van der Waals surface area (Å²) in [6.45, 7) is 0.500. The lowest BCUT2D eigenvalue weighted by Gasteiger charge is -2.34. The average molecular weight is 278 g/mol. The zero-order valence-electron chi connectivity index (χ0n) is 11.1. The van der Waals surface area contributed by atoms with Crippen molar-refractivity contribution in [3.63, 3.8) is 0 Å². The van der Waals surface area contributed by atoms with Gasteiger partial charge in [-0.1, -0.05) is 12.1 Å². The maximum Gasteiger partial charge on any atom is 0.337 e. The number of carbonyl (C=O) groups excluding carboxylic acids is 1. The van der Waals surface area contributed by atoms with Gasteiger partial charge in [0.05, 0.1) is 23.9 Å². The van der Waals surface area contributed by atoms with Gasteiger partial charge in [0.1, 0.15) is 0 Å². The van der Waals surface area contributed by atoms with Crippen LogP contribution in [0.4, 0.5) is 10.5 Å². The molecule has 2 amide bonds. The van der Waals surface area contributed by atoms with Gasteiger partial charge in [0.2, 0.25) is 0 Å². The summed E-state index contributed by atoms with van der Waals surface area (Å²) in [7, 11) is 0. The molecule has 1 heterocycles. The fourth-order valence-corrected chi connectivity index (χ4v) is 2.42. The van der Waals surface area contributed by atoms with E-state index in [1.165, 1.54) is 6.07 Å². The second kappa shape index (κ2) is 6.38. The summed E-state index contributed by atoms with van der Waals surface area (Å²) in [5, 5.41) is 21.0. The van der Waals surface area contributed by atoms with E-state index in [2.05, 4.69) is 5.32 Å². The number of rotatable bonds is 3. The Kier molecular flexibility index (Phi) is 4.57. The SMILES string of the molecule is O=C(O)c1ccccc1NC(=O)N1CCCCC1CO. The Morgan fingerprint density at radius 3 is 2.75 bits per heavy atom. The fourth-order valence-electron chi connectivity index (χ4n) is 2.42. The molecular weight excluding hydrogens is 260 g/mol. The van der Waals surface area contributed by atoms with Crippen LogP contribution in [0, 0.1) is 0 Å². The standard InChI is InChI=1S/C14H18N2O4/c17-9-10-5-3-4-8-16(10)14(20)15-12-7-2-1-6-11(12)13(18)19/h1-2,6-7,10,17H,3-5,8-9H2,(H,15,20)(H,18,19). The molecule has 1 aromatic carbocycles. The molecule has 1 aromatic rings. The van der Waals surface area contributed by atoms with Crippen molar-refractivity contribution in [1.29, 1.82) is 0 Å².